The molecule has 0 spiro atoms. The molecule has 0 unspecified atom stereocenters. The molecule has 1 aliphatic heterocycles. The van der Waals surface area contributed by atoms with Gasteiger partial charge in [-0.25, -0.2) is 4.79 Å². The van der Waals surface area contributed by atoms with Crippen molar-refractivity contribution in [2.45, 2.75) is 18.9 Å². The van der Waals surface area contributed by atoms with Gasteiger partial charge in [-0.3, -0.25) is 0 Å². The van der Waals surface area contributed by atoms with Gasteiger partial charge in [-0.1, -0.05) is 0 Å². The van der Waals surface area contributed by atoms with Gasteiger partial charge in [-0.15, -0.1) is 5.06 Å². The molecule has 0 aliphatic carbocycles. The Kier molecular flexibility index (Phi) is 4.64. The number of aldehydes is 1. The lowest BCUT2D eigenvalue weighted by molar-refractivity contribution is -0.124. The molecule has 1 heterocycles. The van der Waals surface area contributed by atoms with Gasteiger partial charge in [0, 0.05) is 18.7 Å². The number of nitrogens with zero attached hydrogens (tertiary/aromatic N) is 1. The Balaban J connectivity index is 2.40. The third-order valence-corrected chi connectivity index (χ3v) is 3.33. The smallest absolute Gasteiger partial charge is 0.343 e. The van der Waals surface area contributed by atoms with Gasteiger partial charge < -0.3 is 24.2 Å². The van der Waals surface area contributed by atoms with E-state index in [9.17, 15) is 14.7 Å². The third-order valence-electron chi connectivity index (χ3n) is 3.33. The minimum Gasteiger partial charge on any atom is -0.496 e. The summed E-state index contributed by atoms with van der Waals surface area (Å²) in [5.74, 6) is -0.536. The molecule has 1 aromatic rings. The van der Waals surface area contributed by atoms with Crippen LogP contribution >= 0.6 is 0 Å². The largest absolute Gasteiger partial charge is 0.496 e. The van der Waals surface area contributed by atoms with Crippen molar-refractivity contribution in [1.29, 1.82) is 0 Å². The van der Waals surface area contributed by atoms with Crippen molar-refractivity contribution in [1.82, 2.24) is 5.06 Å². The van der Waals surface area contributed by atoms with Gasteiger partial charge in [-0.05, 0) is 12.8 Å². The van der Waals surface area contributed by atoms with E-state index < -0.39 is 5.97 Å². The Morgan fingerprint density at radius 2 is 2.05 bits per heavy atom. The number of hydrogen-bond acceptors (Lipinski definition) is 6. The highest BCUT2D eigenvalue weighted by atomic mass is 16.7. The van der Waals surface area contributed by atoms with E-state index in [0.717, 1.165) is 12.7 Å². The highest BCUT2D eigenvalue weighted by Crippen LogP contribution is 2.35. The minimum atomic E-state index is -1.17. The molecule has 1 N–H and O–H groups in total. The standard InChI is InChI=1S/C14H17NO6/c1-19-10-6-11(20-2)13(14(17)18)12(7-10)21-15-5-3-4-9(15)8-16/h6-9H,3-5H2,1-2H3,(H,17,18)/t9-/m0/s1. The first-order chi connectivity index (χ1) is 10.1. The van der Waals surface area contributed by atoms with Crippen molar-refractivity contribution in [2.24, 2.45) is 0 Å². The fraction of sp³-hybridized carbons (Fsp3) is 0.429. The first-order valence-corrected chi connectivity index (χ1v) is 6.50. The van der Waals surface area contributed by atoms with Gasteiger partial charge >= 0.3 is 5.97 Å². The predicted molar refractivity (Wildman–Crippen MR) is 72.9 cm³/mol. The second kappa shape index (κ2) is 6.45. The molecular weight excluding hydrogens is 278 g/mol. The summed E-state index contributed by atoms with van der Waals surface area (Å²) in [6.45, 7) is 0.558. The number of carbonyl (C=O) groups is 2. The SMILES string of the molecule is COc1cc(OC)c(C(=O)O)c(ON2CCC[C@H]2C=O)c1. The van der Waals surface area contributed by atoms with Crippen molar-refractivity contribution >= 4 is 12.3 Å². The molecule has 0 aromatic heterocycles. The van der Waals surface area contributed by atoms with Crippen molar-refractivity contribution in [3.8, 4) is 17.2 Å². The lowest BCUT2D eigenvalue weighted by atomic mass is 10.1. The quantitative estimate of drug-likeness (QED) is 0.793. The van der Waals surface area contributed by atoms with Gasteiger partial charge in [0.25, 0.3) is 0 Å². The van der Waals surface area contributed by atoms with Crippen LogP contribution in [0.15, 0.2) is 12.1 Å². The van der Waals surface area contributed by atoms with Gasteiger partial charge in [-0.2, -0.15) is 0 Å². The van der Waals surface area contributed by atoms with Gasteiger partial charge in [0.15, 0.2) is 5.75 Å². The Morgan fingerprint density at radius 3 is 2.62 bits per heavy atom. The van der Waals surface area contributed by atoms with Gasteiger partial charge in [0.1, 0.15) is 29.4 Å². The number of hydroxylamine groups is 2. The lowest BCUT2D eigenvalue weighted by Crippen LogP contribution is -2.34. The predicted octanol–water partition coefficient (Wildman–Crippen LogP) is 1.36. The van der Waals surface area contributed by atoms with E-state index in [1.165, 1.54) is 31.4 Å². The van der Waals surface area contributed by atoms with Gasteiger partial charge in [0.2, 0.25) is 0 Å². The molecule has 7 heteroatoms. The summed E-state index contributed by atoms with van der Waals surface area (Å²) >= 11 is 0. The second-order valence-corrected chi connectivity index (χ2v) is 4.59. The van der Waals surface area contributed by atoms with E-state index in [4.69, 9.17) is 14.3 Å². The number of carbonyl (C=O) groups excluding carboxylic acids is 1. The fourth-order valence-electron chi connectivity index (χ4n) is 2.27. The first kappa shape index (κ1) is 15.1. The normalized spacial score (nSPS) is 18.3. The molecule has 2 rings (SSSR count). The number of hydrogen-bond donors (Lipinski definition) is 1. The van der Waals surface area contributed by atoms with E-state index in [0.29, 0.717) is 18.7 Å². The Morgan fingerprint density at radius 1 is 1.33 bits per heavy atom. The molecule has 21 heavy (non-hydrogen) atoms. The van der Waals surface area contributed by atoms with Crippen LogP contribution in [0.25, 0.3) is 0 Å². The van der Waals surface area contributed by atoms with Crippen LogP contribution in [0.5, 0.6) is 17.2 Å². The molecule has 0 radical (unpaired) electrons. The molecule has 1 atom stereocenters. The molecule has 0 bridgehead atoms. The number of ether oxygens (including phenoxy) is 2. The number of benzene rings is 1. The number of carboxylic acid groups (broad SMARTS) is 1. The molecule has 1 fully saturated rings. The highest BCUT2D eigenvalue weighted by molar-refractivity contribution is 5.94. The molecule has 7 nitrogen and oxygen atoms in total. The minimum absolute atomic E-state index is 0.0902. The average molecular weight is 295 g/mol. The summed E-state index contributed by atoms with van der Waals surface area (Å²) in [6, 6.07) is 2.56. The summed E-state index contributed by atoms with van der Waals surface area (Å²) in [6.07, 6.45) is 2.30. The Bertz CT molecular complexity index is 545. The molecule has 1 aliphatic rings. The molecule has 1 saturated heterocycles. The number of methoxy groups -OCH3 is 2. The maximum Gasteiger partial charge on any atom is 0.343 e. The molecule has 1 aromatic carbocycles. The summed E-state index contributed by atoms with van der Waals surface area (Å²) in [7, 11) is 2.83. The number of aromatic carboxylic acids is 1. The zero-order valence-electron chi connectivity index (χ0n) is 11.9. The summed E-state index contributed by atoms with van der Waals surface area (Å²) in [4.78, 5) is 28.0. The van der Waals surface area contributed by atoms with Crippen molar-refractivity contribution in [2.75, 3.05) is 20.8 Å². The molecule has 0 amide bonds. The third kappa shape index (κ3) is 3.08. The lowest BCUT2D eigenvalue weighted by Gasteiger charge is -2.22. The fourth-order valence-corrected chi connectivity index (χ4v) is 2.27. The maximum absolute atomic E-state index is 11.4. The summed E-state index contributed by atoms with van der Waals surface area (Å²) in [5, 5.41) is 10.8. The molecule has 114 valence electrons. The number of rotatable bonds is 6. The number of carboxylic acids is 1. The van der Waals surface area contributed by atoms with Crippen molar-refractivity contribution in [3.63, 3.8) is 0 Å². The van der Waals surface area contributed by atoms with Crippen LogP contribution in [0.1, 0.15) is 23.2 Å². The van der Waals surface area contributed by atoms with E-state index in [1.54, 1.807) is 0 Å². The zero-order valence-corrected chi connectivity index (χ0v) is 11.9. The van der Waals surface area contributed by atoms with Gasteiger partial charge in [0.05, 0.1) is 14.2 Å². The van der Waals surface area contributed by atoms with E-state index >= 15 is 0 Å². The van der Waals surface area contributed by atoms with Crippen LogP contribution in [0.3, 0.4) is 0 Å². The van der Waals surface area contributed by atoms with Crippen LogP contribution in [-0.4, -0.2) is 49.2 Å². The first-order valence-electron chi connectivity index (χ1n) is 6.50. The molecular formula is C14H17NO6. The van der Waals surface area contributed by atoms with Crippen molar-refractivity contribution in [3.05, 3.63) is 17.7 Å². The van der Waals surface area contributed by atoms with Crippen LogP contribution in [0.4, 0.5) is 0 Å². The zero-order chi connectivity index (χ0) is 15.4. The van der Waals surface area contributed by atoms with Crippen LogP contribution in [-0.2, 0) is 4.79 Å². The van der Waals surface area contributed by atoms with E-state index in [2.05, 4.69) is 0 Å². The van der Waals surface area contributed by atoms with E-state index in [1.807, 2.05) is 0 Å². The van der Waals surface area contributed by atoms with Crippen LogP contribution in [0.2, 0.25) is 0 Å². The Labute approximate surface area is 122 Å². The highest BCUT2D eigenvalue weighted by Gasteiger charge is 2.29. The monoisotopic (exact) mass is 295 g/mol. The summed E-state index contributed by atoms with van der Waals surface area (Å²) < 4.78 is 10.2. The summed E-state index contributed by atoms with van der Waals surface area (Å²) in [5.41, 5.74) is -0.102. The van der Waals surface area contributed by atoms with Crippen LogP contribution < -0.4 is 14.3 Å². The topological polar surface area (TPSA) is 85.3 Å². The van der Waals surface area contributed by atoms with E-state index in [-0.39, 0.29) is 23.1 Å². The van der Waals surface area contributed by atoms with Crippen molar-refractivity contribution < 1.29 is 29.0 Å². The second-order valence-electron chi connectivity index (χ2n) is 4.59. The average Bonchev–Trinajstić information content (AvgIpc) is 2.93. The maximum atomic E-state index is 11.4. The Hall–Kier alpha value is -2.28. The molecule has 0 saturated carbocycles. The van der Waals surface area contributed by atoms with Crippen LogP contribution in [0, 0.1) is 0 Å².